The molecule has 2 rings (SSSR count). The van der Waals surface area contributed by atoms with Gasteiger partial charge in [0.1, 0.15) is 0 Å². The van der Waals surface area contributed by atoms with E-state index in [9.17, 15) is 4.79 Å². The molecule has 14 heavy (non-hydrogen) atoms. The first kappa shape index (κ1) is 8.55. The Bertz CT molecular complexity index is 516. The van der Waals surface area contributed by atoms with Gasteiger partial charge in [0.15, 0.2) is 5.58 Å². The normalized spacial score (nSPS) is 10.6. The maximum Gasteiger partial charge on any atom is 0.335 e. The third kappa shape index (κ3) is 1.10. The Hall–Kier alpha value is -2.04. The number of nitrogens with two attached hydrogens (primary N) is 1. The Labute approximate surface area is 79.1 Å². The van der Waals surface area contributed by atoms with Crippen LogP contribution in [0.5, 0.6) is 0 Å². The Morgan fingerprint density at radius 1 is 1.57 bits per heavy atom. The topological polar surface area (TPSA) is 89.4 Å². The molecule has 5 heteroatoms. The van der Waals surface area contributed by atoms with Gasteiger partial charge in [-0.25, -0.2) is 4.79 Å². The number of benzene rings is 1. The lowest BCUT2D eigenvalue weighted by Gasteiger charge is -1.97. The zero-order valence-corrected chi connectivity index (χ0v) is 7.44. The van der Waals surface area contributed by atoms with E-state index in [2.05, 4.69) is 5.16 Å². The van der Waals surface area contributed by atoms with E-state index in [4.69, 9.17) is 15.4 Å². The lowest BCUT2D eigenvalue weighted by atomic mass is 10.1. The predicted octanol–water partition coefficient (Wildman–Crippen LogP) is 1.42. The molecule has 0 spiro atoms. The molecule has 0 aliphatic rings. The molecular weight excluding hydrogens is 184 g/mol. The fraction of sp³-hybridized carbons (Fsp3) is 0.111. The second-order valence-corrected chi connectivity index (χ2v) is 3.02. The van der Waals surface area contributed by atoms with Crippen molar-refractivity contribution in [3.63, 3.8) is 0 Å². The number of hydrogen-bond donors (Lipinski definition) is 2. The first-order chi connectivity index (χ1) is 6.59. The molecule has 3 N–H and O–H groups in total. The molecule has 5 nitrogen and oxygen atoms in total. The summed E-state index contributed by atoms with van der Waals surface area (Å²) in [7, 11) is 0. The summed E-state index contributed by atoms with van der Waals surface area (Å²) in [5.74, 6) is -1.01. The van der Waals surface area contributed by atoms with Crippen molar-refractivity contribution in [2.75, 3.05) is 5.73 Å². The Morgan fingerprint density at radius 2 is 2.29 bits per heavy atom. The van der Waals surface area contributed by atoms with Crippen LogP contribution < -0.4 is 5.73 Å². The highest BCUT2D eigenvalue weighted by Gasteiger charge is 2.12. The first-order valence-corrected chi connectivity index (χ1v) is 3.98. The number of carboxylic acids is 1. The van der Waals surface area contributed by atoms with Gasteiger partial charge in [-0.1, -0.05) is 5.16 Å². The summed E-state index contributed by atoms with van der Waals surface area (Å²) in [6.07, 6.45) is 0. The fourth-order valence-electron chi connectivity index (χ4n) is 1.31. The molecule has 2 aromatic rings. The third-order valence-corrected chi connectivity index (χ3v) is 2.03. The number of carbonyl (C=O) groups is 1. The highest BCUT2D eigenvalue weighted by Crippen LogP contribution is 2.25. The second-order valence-electron chi connectivity index (χ2n) is 3.02. The number of nitrogens with zero attached hydrogens (tertiary/aromatic N) is 1. The molecule has 0 aliphatic carbocycles. The number of anilines is 1. The third-order valence-electron chi connectivity index (χ3n) is 2.03. The van der Waals surface area contributed by atoms with Gasteiger partial charge in [0.25, 0.3) is 0 Å². The van der Waals surface area contributed by atoms with E-state index < -0.39 is 5.97 Å². The highest BCUT2D eigenvalue weighted by atomic mass is 16.5. The van der Waals surface area contributed by atoms with Crippen molar-refractivity contribution >= 4 is 22.6 Å². The summed E-state index contributed by atoms with van der Waals surface area (Å²) in [4.78, 5) is 10.7. The summed E-state index contributed by atoms with van der Waals surface area (Å²) in [5.41, 5.74) is 7.11. The number of aromatic nitrogens is 1. The standard InChI is InChI=1S/C9H8N2O3/c1-4-6-2-5(9(12)13)3-7(10)8(6)14-11-4/h2-3H,10H2,1H3,(H,12,13). The Morgan fingerprint density at radius 3 is 2.93 bits per heavy atom. The summed E-state index contributed by atoms with van der Waals surface area (Å²) >= 11 is 0. The minimum Gasteiger partial charge on any atom is -0.478 e. The van der Waals surface area contributed by atoms with E-state index in [1.807, 2.05) is 0 Å². The van der Waals surface area contributed by atoms with Crippen LogP contribution in [-0.2, 0) is 0 Å². The molecule has 0 atom stereocenters. The summed E-state index contributed by atoms with van der Waals surface area (Å²) in [6.45, 7) is 1.73. The number of hydrogen-bond acceptors (Lipinski definition) is 4. The zero-order valence-electron chi connectivity index (χ0n) is 7.44. The molecule has 0 amide bonds. The molecule has 1 aromatic carbocycles. The van der Waals surface area contributed by atoms with Crippen molar-refractivity contribution < 1.29 is 14.4 Å². The number of aryl methyl sites for hydroxylation is 1. The van der Waals surface area contributed by atoms with Gasteiger partial charge >= 0.3 is 5.97 Å². The van der Waals surface area contributed by atoms with Gasteiger partial charge in [-0.05, 0) is 19.1 Å². The zero-order chi connectivity index (χ0) is 10.3. The van der Waals surface area contributed by atoms with Gasteiger partial charge in [0.2, 0.25) is 0 Å². The molecule has 0 aliphatic heterocycles. The van der Waals surface area contributed by atoms with Crippen LogP contribution in [0.4, 0.5) is 5.69 Å². The Kier molecular flexibility index (Phi) is 1.67. The predicted molar refractivity (Wildman–Crippen MR) is 50.1 cm³/mol. The van der Waals surface area contributed by atoms with Crippen LogP contribution in [0.25, 0.3) is 11.0 Å². The van der Waals surface area contributed by atoms with Crippen molar-refractivity contribution in [3.8, 4) is 0 Å². The molecule has 0 fully saturated rings. The fourth-order valence-corrected chi connectivity index (χ4v) is 1.31. The monoisotopic (exact) mass is 192 g/mol. The SMILES string of the molecule is Cc1noc2c(N)cc(C(=O)O)cc12. The van der Waals surface area contributed by atoms with Crippen LogP contribution in [0.2, 0.25) is 0 Å². The number of aromatic carboxylic acids is 1. The van der Waals surface area contributed by atoms with E-state index in [0.717, 1.165) is 0 Å². The maximum atomic E-state index is 10.7. The van der Waals surface area contributed by atoms with Crippen LogP contribution in [0.15, 0.2) is 16.7 Å². The highest BCUT2D eigenvalue weighted by molar-refractivity contribution is 5.98. The molecule has 0 bridgehead atoms. The second kappa shape index (κ2) is 2.73. The van der Waals surface area contributed by atoms with E-state index in [-0.39, 0.29) is 5.56 Å². The molecule has 0 saturated carbocycles. The number of rotatable bonds is 1. The molecule has 1 aromatic heterocycles. The number of carboxylic acid groups (broad SMARTS) is 1. The maximum absolute atomic E-state index is 10.7. The molecule has 0 saturated heterocycles. The molecule has 1 heterocycles. The molecule has 0 unspecified atom stereocenters. The van der Waals surface area contributed by atoms with E-state index >= 15 is 0 Å². The van der Waals surface area contributed by atoms with Crippen molar-refractivity contribution in [2.24, 2.45) is 0 Å². The lowest BCUT2D eigenvalue weighted by Crippen LogP contribution is -1.98. The minimum absolute atomic E-state index is 0.140. The van der Waals surface area contributed by atoms with Crippen molar-refractivity contribution in [1.29, 1.82) is 0 Å². The van der Waals surface area contributed by atoms with Crippen molar-refractivity contribution in [3.05, 3.63) is 23.4 Å². The lowest BCUT2D eigenvalue weighted by molar-refractivity contribution is 0.0697. The van der Waals surface area contributed by atoms with Gasteiger partial charge < -0.3 is 15.4 Å². The molecule has 72 valence electrons. The van der Waals surface area contributed by atoms with E-state index in [1.165, 1.54) is 12.1 Å². The van der Waals surface area contributed by atoms with Crippen LogP contribution in [0.3, 0.4) is 0 Å². The summed E-state index contributed by atoms with van der Waals surface area (Å²) < 4.78 is 4.95. The van der Waals surface area contributed by atoms with Crippen LogP contribution in [0, 0.1) is 6.92 Å². The number of fused-ring (bicyclic) bond motifs is 1. The van der Waals surface area contributed by atoms with Gasteiger partial charge in [-0.15, -0.1) is 0 Å². The smallest absolute Gasteiger partial charge is 0.335 e. The largest absolute Gasteiger partial charge is 0.478 e. The van der Waals surface area contributed by atoms with Crippen LogP contribution in [-0.4, -0.2) is 16.2 Å². The molecular formula is C9H8N2O3. The summed E-state index contributed by atoms with van der Waals surface area (Å²) in [5, 5.41) is 13.1. The van der Waals surface area contributed by atoms with E-state index in [0.29, 0.717) is 22.4 Å². The van der Waals surface area contributed by atoms with Gasteiger partial charge in [-0.3, -0.25) is 0 Å². The van der Waals surface area contributed by atoms with E-state index in [1.54, 1.807) is 6.92 Å². The average molecular weight is 192 g/mol. The van der Waals surface area contributed by atoms with Gasteiger partial charge in [0, 0.05) is 5.39 Å². The molecule has 0 radical (unpaired) electrons. The summed E-state index contributed by atoms with van der Waals surface area (Å²) in [6, 6.07) is 2.86. The Balaban J connectivity index is 2.82. The first-order valence-electron chi connectivity index (χ1n) is 3.98. The number of nitrogen functional groups attached to an aromatic ring is 1. The van der Waals surface area contributed by atoms with Crippen LogP contribution >= 0.6 is 0 Å². The average Bonchev–Trinajstić information content (AvgIpc) is 2.48. The van der Waals surface area contributed by atoms with Crippen molar-refractivity contribution in [1.82, 2.24) is 5.16 Å². The van der Waals surface area contributed by atoms with Crippen LogP contribution in [0.1, 0.15) is 16.1 Å². The quantitative estimate of drug-likeness (QED) is 0.667. The van der Waals surface area contributed by atoms with Gasteiger partial charge in [0.05, 0.1) is 16.9 Å². The van der Waals surface area contributed by atoms with Crippen molar-refractivity contribution in [2.45, 2.75) is 6.92 Å². The van der Waals surface area contributed by atoms with Gasteiger partial charge in [-0.2, -0.15) is 0 Å². The minimum atomic E-state index is -1.01.